The molecule has 0 amide bonds. The summed E-state index contributed by atoms with van der Waals surface area (Å²) in [6.07, 6.45) is 58.0. The van der Waals surface area contributed by atoms with Gasteiger partial charge >= 0.3 is 39.5 Å². The molecule has 6 atom stereocenters. The van der Waals surface area contributed by atoms with Crippen molar-refractivity contribution in [3.63, 3.8) is 0 Å². The van der Waals surface area contributed by atoms with Crippen LogP contribution in [-0.2, 0) is 65.4 Å². The summed E-state index contributed by atoms with van der Waals surface area (Å²) in [5, 5.41) is 10.6. The van der Waals surface area contributed by atoms with E-state index in [-0.39, 0.29) is 25.7 Å². The molecular formula is C78H152O17P2. The summed E-state index contributed by atoms with van der Waals surface area (Å²) in [4.78, 5) is 73.0. The zero-order valence-corrected chi connectivity index (χ0v) is 65.2. The molecule has 97 heavy (non-hydrogen) atoms. The number of aliphatic hydroxyl groups is 1. The minimum absolute atomic E-state index is 0.108. The third kappa shape index (κ3) is 70.9. The maximum atomic E-state index is 13.1. The Morgan fingerprint density at radius 2 is 0.526 bits per heavy atom. The van der Waals surface area contributed by atoms with E-state index < -0.39 is 97.5 Å². The van der Waals surface area contributed by atoms with E-state index in [1.165, 1.54) is 225 Å². The quantitative estimate of drug-likeness (QED) is 0.0222. The number of hydrogen-bond donors (Lipinski definition) is 3. The van der Waals surface area contributed by atoms with Gasteiger partial charge in [0.25, 0.3) is 0 Å². The molecule has 0 saturated heterocycles. The number of ether oxygens (including phenoxy) is 4. The van der Waals surface area contributed by atoms with E-state index in [0.29, 0.717) is 25.7 Å². The number of esters is 4. The van der Waals surface area contributed by atoms with Gasteiger partial charge in [-0.25, -0.2) is 9.13 Å². The van der Waals surface area contributed by atoms with Gasteiger partial charge in [-0.1, -0.05) is 356 Å². The van der Waals surface area contributed by atoms with Crippen LogP contribution in [-0.4, -0.2) is 96.7 Å². The van der Waals surface area contributed by atoms with Gasteiger partial charge in [0.2, 0.25) is 0 Å². The zero-order valence-electron chi connectivity index (χ0n) is 63.4. The molecule has 0 rings (SSSR count). The molecule has 0 aliphatic rings. The highest BCUT2D eigenvalue weighted by atomic mass is 31.2. The monoisotopic (exact) mass is 1420 g/mol. The van der Waals surface area contributed by atoms with E-state index in [2.05, 4.69) is 41.5 Å². The first-order valence-corrected chi connectivity index (χ1v) is 43.5. The number of hydrogen-bond acceptors (Lipinski definition) is 15. The van der Waals surface area contributed by atoms with Crippen molar-refractivity contribution in [2.75, 3.05) is 39.6 Å². The summed E-state index contributed by atoms with van der Waals surface area (Å²) in [5.41, 5.74) is 0. The Morgan fingerprint density at radius 3 is 0.784 bits per heavy atom. The Hall–Kier alpha value is -1.94. The van der Waals surface area contributed by atoms with Crippen LogP contribution in [0, 0.1) is 11.8 Å². The molecule has 0 aliphatic heterocycles. The molecule has 3 unspecified atom stereocenters. The number of phosphoric acid groups is 2. The summed E-state index contributed by atoms with van der Waals surface area (Å²) in [6, 6.07) is 0. The molecule has 0 bridgehead atoms. The van der Waals surface area contributed by atoms with Crippen molar-refractivity contribution in [3.8, 4) is 0 Å². The summed E-state index contributed by atoms with van der Waals surface area (Å²) in [6.45, 7) is 9.64. The van der Waals surface area contributed by atoms with E-state index in [0.717, 1.165) is 102 Å². The van der Waals surface area contributed by atoms with Crippen molar-refractivity contribution in [2.24, 2.45) is 11.8 Å². The van der Waals surface area contributed by atoms with Crippen LogP contribution in [0.3, 0.4) is 0 Å². The summed E-state index contributed by atoms with van der Waals surface area (Å²) in [5.74, 6) is -0.550. The Bertz CT molecular complexity index is 1870. The Morgan fingerprint density at radius 1 is 0.299 bits per heavy atom. The van der Waals surface area contributed by atoms with Gasteiger partial charge in [-0.15, -0.1) is 0 Å². The molecule has 576 valence electrons. The predicted molar refractivity (Wildman–Crippen MR) is 395 cm³/mol. The molecular weight excluding hydrogens is 1270 g/mol. The summed E-state index contributed by atoms with van der Waals surface area (Å²) < 4.78 is 68.7. The van der Waals surface area contributed by atoms with Crippen molar-refractivity contribution in [2.45, 2.75) is 426 Å². The molecule has 0 aromatic heterocycles. The maximum absolute atomic E-state index is 13.1. The molecule has 0 heterocycles. The number of rotatable bonds is 77. The SMILES string of the molecule is CCCCCCCCCCCCCCCCCCC(=O)O[C@H](COC(=O)CCCCCCCCCCCCCCC(C)C)COP(=O)(O)OC[C@@H](O)COP(=O)(O)OC[C@@H](COC(=O)CCCCCCCCCCC(C)CC)OC(=O)CCCCCCCCCCCCCCCC. The normalized spacial score (nSPS) is 14.2. The Labute approximate surface area is 594 Å². The van der Waals surface area contributed by atoms with Crippen LogP contribution in [0.15, 0.2) is 0 Å². The third-order valence-corrected chi connectivity index (χ3v) is 20.5. The second kappa shape index (κ2) is 69.8. The lowest BCUT2D eigenvalue weighted by Crippen LogP contribution is -2.30. The smallest absolute Gasteiger partial charge is 0.462 e. The topological polar surface area (TPSA) is 237 Å². The van der Waals surface area contributed by atoms with E-state index >= 15 is 0 Å². The molecule has 19 heteroatoms. The average molecular weight is 1420 g/mol. The van der Waals surface area contributed by atoms with Gasteiger partial charge in [0, 0.05) is 25.7 Å². The van der Waals surface area contributed by atoms with Crippen molar-refractivity contribution < 1.29 is 80.2 Å². The van der Waals surface area contributed by atoms with Crippen molar-refractivity contribution in [1.82, 2.24) is 0 Å². The summed E-state index contributed by atoms with van der Waals surface area (Å²) >= 11 is 0. The van der Waals surface area contributed by atoms with Gasteiger partial charge in [-0.05, 0) is 37.5 Å². The first-order chi connectivity index (χ1) is 46.9. The fourth-order valence-electron chi connectivity index (χ4n) is 12.0. The second-order valence-corrected chi connectivity index (χ2v) is 31.7. The molecule has 0 fully saturated rings. The lowest BCUT2D eigenvalue weighted by Gasteiger charge is -2.21. The summed E-state index contributed by atoms with van der Waals surface area (Å²) in [7, 11) is -9.92. The van der Waals surface area contributed by atoms with Gasteiger partial charge in [0.05, 0.1) is 26.4 Å². The van der Waals surface area contributed by atoms with Crippen LogP contribution >= 0.6 is 15.6 Å². The van der Waals surface area contributed by atoms with Gasteiger partial charge in [0.15, 0.2) is 12.2 Å². The Balaban J connectivity index is 5.27. The van der Waals surface area contributed by atoms with Crippen molar-refractivity contribution in [3.05, 3.63) is 0 Å². The zero-order chi connectivity index (χ0) is 71.4. The van der Waals surface area contributed by atoms with Crippen LogP contribution in [0.4, 0.5) is 0 Å². The third-order valence-electron chi connectivity index (χ3n) is 18.6. The molecule has 17 nitrogen and oxygen atoms in total. The largest absolute Gasteiger partial charge is 0.472 e. The molecule has 0 aromatic carbocycles. The number of carbonyl (C=O) groups is 4. The number of carbonyl (C=O) groups excluding carboxylic acids is 4. The lowest BCUT2D eigenvalue weighted by atomic mass is 9.99. The van der Waals surface area contributed by atoms with Gasteiger partial charge in [-0.3, -0.25) is 37.3 Å². The fraction of sp³-hybridized carbons (Fsp3) is 0.949. The van der Waals surface area contributed by atoms with Crippen LogP contribution in [0.2, 0.25) is 0 Å². The molecule has 0 radical (unpaired) electrons. The highest BCUT2D eigenvalue weighted by molar-refractivity contribution is 7.47. The van der Waals surface area contributed by atoms with Crippen molar-refractivity contribution in [1.29, 1.82) is 0 Å². The van der Waals surface area contributed by atoms with E-state index in [1.807, 2.05) is 0 Å². The van der Waals surface area contributed by atoms with Crippen LogP contribution < -0.4 is 0 Å². The van der Waals surface area contributed by atoms with E-state index in [9.17, 15) is 43.2 Å². The van der Waals surface area contributed by atoms with Crippen LogP contribution in [0.1, 0.15) is 408 Å². The minimum Gasteiger partial charge on any atom is -0.462 e. The maximum Gasteiger partial charge on any atom is 0.472 e. The predicted octanol–water partition coefficient (Wildman–Crippen LogP) is 23.1. The number of phosphoric ester groups is 2. The number of unbranched alkanes of at least 4 members (excludes halogenated alkanes) is 46. The van der Waals surface area contributed by atoms with Crippen LogP contribution in [0.25, 0.3) is 0 Å². The van der Waals surface area contributed by atoms with Gasteiger partial charge < -0.3 is 33.8 Å². The van der Waals surface area contributed by atoms with E-state index in [4.69, 9.17) is 37.0 Å². The van der Waals surface area contributed by atoms with Crippen LogP contribution in [0.5, 0.6) is 0 Å². The Kier molecular flexibility index (Phi) is 68.4. The minimum atomic E-state index is -4.96. The molecule has 0 aromatic rings. The second-order valence-electron chi connectivity index (χ2n) is 28.8. The van der Waals surface area contributed by atoms with Crippen molar-refractivity contribution >= 4 is 39.5 Å². The molecule has 0 spiro atoms. The fourth-order valence-corrected chi connectivity index (χ4v) is 13.6. The van der Waals surface area contributed by atoms with Gasteiger partial charge in [-0.2, -0.15) is 0 Å². The first-order valence-electron chi connectivity index (χ1n) is 40.5. The lowest BCUT2D eigenvalue weighted by molar-refractivity contribution is -0.161. The van der Waals surface area contributed by atoms with E-state index in [1.54, 1.807) is 0 Å². The highest BCUT2D eigenvalue weighted by Gasteiger charge is 2.30. The average Bonchev–Trinajstić information content (AvgIpc) is 1.10. The first kappa shape index (κ1) is 95.1. The van der Waals surface area contributed by atoms with Gasteiger partial charge in [0.1, 0.15) is 19.3 Å². The molecule has 3 N–H and O–H groups in total. The molecule has 0 saturated carbocycles. The standard InChI is InChI=1S/C78H152O17P2/c1-7-10-12-14-16-18-20-22-24-25-27-33-37-45-51-57-63-78(83)94-73(66-88-75(80)60-54-48-42-35-31-29-28-30-34-40-46-52-58-70(4)5)68-92-96(84,85)90-64-72(79)65-91-97(86,87)93-69-74(67-89-76(81)61-55-49-43-39-38-41-47-53-59-71(6)9-3)95-77(82)62-56-50-44-36-32-26-23-21-19-17-15-13-11-8-2/h70-74,79H,7-69H2,1-6H3,(H,84,85)(H,86,87)/t71?,72-,73-,74-/m1/s1. The number of aliphatic hydroxyl groups excluding tert-OH is 1. The highest BCUT2D eigenvalue weighted by Crippen LogP contribution is 2.45. The molecule has 0 aliphatic carbocycles.